The second kappa shape index (κ2) is 9.88. The van der Waals surface area contributed by atoms with Crippen LogP contribution in [-0.4, -0.2) is 38.7 Å². The van der Waals surface area contributed by atoms with Crippen LogP contribution in [0.2, 0.25) is 5.02 Å². The van der Waals surface area contributed by atoms with Gasteiger partial charge in [0.15, 0.2) is 0 Å². The summed E-state index contributed by atoms with van der Waals surface area (Å²) in [7, 11) is 0. The highest BCUT2D eigenvalue weighted by Crippen LogP contribution is 2.33. The standard InChI is InChI=1S/C21H17ClN2O4S2/c22-15-8-3-1-6-13(15)12-17-19(26)24(21(29)30-17)11-5-10-18(25)23-16-9-4-2-7-14(16)20(27)28/h1-4,6-9,12H,5,10-11H2,(H,23,25)(H,27,28)/b17-12+. The number of rotatable bonds is 7. The highest BCUT2D eigenvalue weighted by molar-refractivity contribution is 8.26. The van der Waals surface area contributed by atoms with Gasteiger partial charge in [-0.25, -0.2) is 4.79 Å². The molecule has 1 saturated heterocycles. The Morgan fingerprint density at radius 2 is 1.87 bits per heavy atom. The van der Waals surface area contributed by atoms with E-state index in [0.717, 1.165) is 5.56 Å². The number of carboxylic acids is 1. The van der Waals surface area contributed by atoms with Gasteiger partial charge in [-0.15, -0.1) is 0 Å². The molecule has 0 unspecified atom stereocenters. The second-order valence-corrected chi connectivity index (χ2v) is 8.44. The van der Waals surface area contributed by atoms with Crippen LogP contribution >= 0.6 is 35.6 Å². The summed E-state index contributed by atoms with van der Waals surface area (Å²) in [6, 6.07) is 13.4. The van der Waals surface area contributed by atoms with Crippen molar-refractivity contribution in [2.45, 2.75) is 12.8 Å². The van der Waals surface area contributed by atoms with Gasteiger partial charge in [0, 0.05) is 18.0 Å². The molecule has 1 fully saturated rings. The van der Waals surface area contributed by atoms with Gasteiger partial charge in [-0.2, -0.15) is 0 Å². The number of thiocarbonyl (C=S) groups is 1. The molecular formula is C21H17ClN2O4S2. The number of nitrogens with zero attached hydrogens (tertiary/aromatic N) is 1. The number of hydrogen-bond donors (Lipinski definition) is 2. The van der Waals surface area contributed by atoms with Gasteiger partial charge < -0.3 is 10.4 Å². The van der Waals surface area contributed by atoms with Gasteiger partial charge in [-0.05, 0) is 36.3 Å². The molecule has 0 aliphatic carbocycles. The topological polar surface area (TPSA) is 86.7 Å². The largest absolute Gasteiger partial charge is 0.478 e. The maximum Gasteiger partial charge on any atom is 0.337 e. The molecule has 154 valence electrons. The zero-order valence-electron chi connectivity index (χ0n) is 15.6. The van der Waals surface area contributed by atoms with E-state index in [2.05, 4.69) is 5.32 Å². The number of para-hydroxylation sites is 1. The van der Waals surface area contributed by atoms with E-state index in [9.17, 15) is 19.5 Å². The van der Waals surface area contributed by atoms with Crippen LogP contribution in [0.1, 0.15) is 28.8 Å². The molecule has 0 radical (unpaired) electrons. The van der Waals surface area contributed by atoms with E-state index >= 15 is 0 Å². The van der Waals surface area contributed by atoms with Crippen molar-refractivity contribution in [2.24, 2.45) is 0 Å². The minimum Gasteiger partial charge on any atom is -0.478 e. The summed E-state index contributed by atoms with van der Waals surface area (Å²) in [5.74, 6) is -1.67. The summed E-state index contributed by atoms with van der Waals surface area (Å²) in [6.45, 7) is 0.290. The Hall–Kier alpha value is -2.68. The van der Waals surface area contributed by atoms with Gasteiger partial charge in [0.05, 0.1) is 16.2 Å². The molecular weight excluding hydrogens is 444 g/mol. The summed E-state index contributed by atoms with van der Waals surface area (Å²) >= 11 is 12.6. The molecule has 3 rings (SSSR count). The number of hydrogen-bond acceptors (Lipinski definition) is 5. The van der Waals surface area contributed by atoms with Crippen molar-refractivity contribution in [3.05, 3.63) is 69.6 Å². The maximum absolute atomic E-state index is 12.7. The first-order valence-corrected chi connectivity index (χ1v) is 10.6. The van der Waals surface area contributed by atoms with Gasteiger partial charge >= 0.3 is 5.97 Å². The van der Waals surface area contributed by atoms with Gasteiger partial charge in [0.2, 0.25) is 5.91 Å². The molecule has 1 heterocycles. The van der Waals surface area contributed by atoms with E-state index in [1.54, 1.807) is 24.3 Å². The lowest BCUT2D eigenvalue weighted by molar-refractivity contribution is -0.122. The number of carbonyl (C=O) groups is 3. The molecule has 2 amide bonds. The van der Waals surface area contributed by atoms with Gasteiger partial charge in [-0.1, -0.05) is 65.9 Å². The predicted molar refractivity (Wildman–Crippen MR) is 123 cm³/mol. The minimum atomic E-state index is -1.12. The summed E-state index contributed by atoms with van der Waals surface area (Å²) in [5, 5.41) is 12.3. The van der Waals surface area contributed by atoms with E-state index in [4.69, 9.17) is 23.8 Å². The molecule has 1 aliphatic rings. The fourth-order valence-electron chi connectivity index (χ4n) is 2.82. The lowest BCUT2D eigenvalue weighted by Crippen LogP contribution is -2.29. The number of halogens is 1. The van der Waals surface area contributed by atoms with Crippen molar-refractivity contribution < 1.29 is 19.5 Å². The van der Waals surface area contributed by atoms with Crippen molar-refractivity contribution in [2.75, 3.05) is 11.9 Å². The molecule has 0 spiro atoms. The zero-order valence-corrected chi connectivity index (χ0v) is 18.0. The molecule has 9 heteroatoms. The summed E-state index contributed by atoms with van der Waals surface area (Å²) in [6.07, 6.45) is 2.21. The van der Waals surface area contributed by atoms with Crippen LogP contribution in [0.25, 0.3) is 6.08 Å². The molecule has 2 aromatic rings. The lowest BCUT2D eigenvalue weighted by Gasteiger charge is -2.14. The number of benzene rings is 2. The second-order valence-electron chi connectivity index (χ2n) is 6.36. The molecule has 0 aromatic heterocycles. The average molecular weight is 461 g/mol. The Morgan fingerprint density at radius 1 is 1.17 bits per heavy atom. The number of thioether (sulfide) groups is 1. The highest BCUT2D eigenvalue weighted by atomic mass is 35.5. The molecule has 0 saturated carbocycles. The number of anilines is 1. The third-order valence-corrected chi connectivity index (χ3v) is 6.00. The Bertz CT molecular complexity index is 1050. The number of nitrogens with one attached hydrogen (secondary N) is 1. The van der Waals surface area contributed by atoms with Crippen LogP contribution in [-0.2, 0) is 9.59 Å². The third kappa shape index (κ3) is 5.27. The van der Waals surface area contributed by atoms with Gasteiger partial charge in [0.1, 0.15) is 4.32 Å². The van der Waals surface area contributed by atoms with E-state index in [0.29, 0.717) is 27.2 Å². The highest BCUT2D eigenvalue weighted by Gasteiger charge is 2.31. The molecule has 30 heavy (non-hydrogen) atoms. The maximum atomic E-state index is 12.7. The Balaban J connectivity index is 1.57. The van der Waals surface area contributed by atoms with Crippen LogP contribution in [0.5, 0.6) is 0 Å². The Kier molecular flexibility index (Phi) is 7.25. The first-order valence-electron chi connectivity index (χ1n) is 8.99. The van der Waals surface area contributed by atoms with Crippen molar-refractivity contribution in [3.8, 4) is 0 Å². The summed E-state index contributed by atoms with van der Waals surface area (Å²) < 4.78 is 0.426. The first kappa shape index (κ1) is 22.0. The van der Waals surface area contributed by atoms with E-state index < -0.39 is 5.97 Å². The SMILES string of the molecule is O=C(CCCN1C(=O)/C(=C\c2ccccc2Cl)SC1=S)Nc1ccccc1C(=O)O. The normalized spacial score (nSPS) is 15.0. The van der Waals surface area contributed by atoms with Crippen LogP contribution in [0.15, 0.2) is 53.4 Å². The molecule has 6 nitrogen and oxygen atoms in total. The van der Waals surface area contributed by atoms with Crippen LogP contribution in [0, 0.1) is 0 Å². The summed E-state index contributed by atoms with van der Waals surface area (Å²) in [5.41, 5.74) is 0.993. The lowest BCUT2D eigenvalue weighted by atomic mass is 10.1. The van der Waals surface area contributed by atoms with Gasteiger partial charge in [-0.3, -0.25) is 14.5 Å². The third-order valence-electron chi connectivity index (χ3n) is 4.28. The van der Waals surface area contributed by atoms with E-state index in [-0.39, 0.29) is 29.5 Å². The fraction of sp³-hybridized carbons (Fsp3) is 0.143. The fourth-order valence-corrected chi connectivity index (χ4v) is 4.30. The van der Waals surface area contributed by atoms with Crippen molar-refractivity contribution in [1.82, 2.24) is 4.90 Å². The molecule has 0 atom stereocenters. The van der Waals surface area contributed by atoms with E-state index in [1.807, 2.05) is 18.2 Å². The molecule has 2 N–H and O–H groups in total. The molecule has 0 bridgehead atoms. The van der Waals surface area contributed by atoms with E-state index in [1.165, 1.54) is 28.8 Å². The van der Waals surface area contributed by atoms with Crippen LogP contribution < -0.4 is 5.32 Å². The Morgan fingerprint density at radius 3 is 2.60 bits per heavy atom. The average Bonchev–Trinajstić information content (AvgIpc) is 2.97. The van der Waals surface area contributed by atoms with Gasteiger partial charge in [0.25, 0.3) is 5.91 Å². The quantitative estimate of drug-likeness (QED) is 0.461. The number of carbonyl (C=O) groups excluding carboxylic acids is 2. The number of aromatic carboxylic acids is 1. The number of amides is 2. The smallest absolute Gasteiger partial charge is 0.337 e. The molecule has 1 aliphatic heterocycles. The monoisotopic (exact) mass is 460 g/mol. The van der Waals surface area contributed by atoms with Crippen LogP contribution in [0.3, 0.4) is 0 Å². The predicted octanol–water partition coefficient (Wildman–Crippen LogP) is 4.66. The van der Waals surface area contributed by atoms with Crippen molar-refractivity contribution in [3.63, 3.8) is 0 Å². The Labute approximate surface area is 187 Å². The number of carboxylic acid groups (broad SMARTS) is 1. The van der Waals surface area contributed by atoms with Crippen molar-refractivity contribution >= 4 is 69.4 Å². The molecule has 2 aromatic carbocycles. The van der Waals surface area contributed by atoms with Crippen molar-refractivity contribution in [1.29, 1.82) is 0 Å². The zero-order chi connectivity index (χ0) is 21.7. The minimum absolute atomic E-state index is 0.0208. The first-order chi connectivity index (χ1) is 14.4. The summed E-state index contributed by atoms with van der Waals surface area (Å²) in [4.78, 5) is 38.0. The van der Waals surface area contributed by atoms with Crippen LogP contribution in [0.4, 0.5) is 5.69 Å².